The van der Waals surface area contributed by atoms with Gasteiger partial charge in [0.15, 0.2) is 23.0 Å². The van der Waals surface area contributed by atoms with Crippen LogP contribution >= 0.6 is 0 Å². The number of likely N-dealkylation sites (tertiary alicyclic amines) is 1. The third-order valence-electron chi connectivity index (χ3n) is 5.90. The predicted octanol–water partition coefficient (Wildman–Crippen LogP) is 2.55. The number of carbonyl (C=O) groups excluding carboxylic acids is 1. The summed E-state index contributed by atoms with van der Waals surface area (Å²) in [5.74, 6) is 2.79. The highest BCUT2D eigenvalue weighted by molar-refractivity contribution is 6.15. The predicted molar refractivity (Wildman–Crippen MR) is 106 cm³/mol. The van der Waals surface area contributed by atoms with Crippen molar-refractivity contribution in [3.05, 3.63) is 52.8 Å². The number of quaternary nitrogens is 1. The first-order chi connectivity index (χ1) is 14.1. The van der Waals surface area contributed by atoms with Crippen molar-refractivity contribution < 1.29 is 29.0 Å². The van der Waals surface area contributed by atoms with Gasteiger partial charge in [0.25, 0.3) is 0 Å². The van der Waals surface area contributed by atoms with Gasteiger partial charge in [0.2, 0.25) is 12.6 Å². The Morgan fingerprint density at radius 2 is 2.07 bits per heavy atom. The molecule has 1 unspecified atom stereocenters. The van der Waals surface area contributed by atoms with E-state index in [2.05, 4.69) is 6.92 Å². The van der Waals surface area contributed by atoms with Gasteiger partial charge in [-0.25, -0.2) is 0 Å². The van der Waals surface area contributed by atoms with E-state index in [1.807, 2.05) is 18.2 Å². The largest absolute Gasteiger partial charge is 0.507 e. The number of phenols is 1. The maximum Gasteiger partial charge on any atom is 0.231 e. The van der Waals surface area contributed by atoms with E-state index in [9.17, 15) is 9.90 Å². The Labute approximate surface area is 169 Å². The molecule has 3 aliphatic heterocycles. The van der Waals surface area contributed by atoms with Crippen LogP contribution in [0.3, 0.4) is 0 Å². The second-order valence-corrected chi connectivity index (χ2v) is 8.12. The fourth-order valence-corrected chi connectivity index (χ4v) is 4.43. The zero-order chi connectivity index (χ0) is 20.0. The SMILES string of the molecule is C[C@@H]1CCC[NH+](Cc2c(O)ccc3c2OC(=Cc2ccc4c(c2)OCO4)C3=O)C1. The van der Waals surface area contributed by atoms with Crippen LogP contribution in [0.25, 0.3) is 6.08 Å². The summed E-state index contributed by atoms with van der Waals surface area (Å²) < 4.78 is 16.7. The van der Waals surface area contributed by atoms with E-state index in [1.54, 1.807) is 18.2 Å². The molecule has 0 radical (unpaired) electrons. The lowest BCUT2D eigenvalue weighted by Crippen LogP contribution is -3.12. The molecule has 2 aromatic rings. The molecule has 0 aromatic heterocycles. The quantitative estimate of drug-likeness (QED) is 0.783. The van der Waals surface area contributed by atoms with Gasteiger partial charge in [-0.3, -0.25) is 4.79 Å². The molecule has 1 fully saturated rings. The Morgan fingerprint density at radius 1 is 1.21 bits per heavy atom. The smallest absolute Gasteiger partial charge is 0.231 e. The van der Waals surface area contributed by atoms with Gasteiger partial charge < -0.3 is 24.2 Å². The van der Waals surface area contributed by atoms with E-state index < -0.39 is 0 Å². The van der Waals surface area contributed by atoms with E-state index in [1.165, 1.54) is 17.7 Å². The number of carbonyl (C=O) groups is 1. The number of fused-ring (bicyclic) bond motifs is 2. The third-order valence-corrected chi connectivity index (χ3v) is 5.90. The highest BCUT2D eigenvalue weighted by Crippen LogP contribution is 2.40. The number of benzene rings is 2. The molecule has 1 saturated heterocycles. The number of hydrogen-bond acceptors (Lipinski definition) is 5. The van der Waals surface area contributed by atoms with Gasteiger partial charge >= 0.3 is 0 Å². The number of rotatable bonds is 3. The molecule has 0 saturated carbocycles. The van der Waals surface area contributed by atoms with E-state index in [4.69, 9.17) is 14.2 Å². The van der Waals surface area contributed by atoms with Crippen molar-refractivity contribution in [2.24, 2.45) is 5.92 Å². The fraction of sp³-hybridized carbons (Fsp3) is 0.348. The van der Waals surface area contributed by atoms with Gasteiger partial charge in [-0.15, -0.1) is 0 Å². The number of phenolic OH excluding ortho intramolecular Hbond substituents is 1. The van der Waals surface area contributed by atoms with Crippen LogP contribution in [-0.2, 0) is 6.54 Å². The first-order valence-electron chi connectivity index (χ1n) is 10.1. The molecule has 2 atom stereocenters. The number of ether oxygens (including phenoxy) is 3. The Morgan fingerprint density at radius 3 is 2.93 bits per heavy atom. The molecule has 0 bridgehead atoms. The zero-order valence-electron chi connectivity index (χ0n) is 16.4. The summed E-state index contributed by atoms with van der Waals surface area (Å²) in [6.45, 7) is 5.26. The zero-order valence-corrected chi connectivity index (χ0v) is 16.4. The van der Waals surface area contributed by atoms with E-state index in [0.717, 1.165) is 18.7 Å². The molecule has 150 valence electrons. The molecule has 29 heavy (non-hydrogen) atoms. The van der Waals surface area contributed by atoms with Crippen LogP contribution in [0.4, 0.5) is 0 Å². The van der Waals surface area contributed by atoms with Gasteiger partial charge in [0, 0.05) is 5.92 Å². The standard InChI is InChI=1S/C23H23NO5/c1-14-3-2-8-24(11-14)12-17-18(25)6-5-16-22(26)21(29-23(16)17)10-15-4-7-19-20(9-15)28-13-27-19/h4-7,9-10,14,25H,2-3,8,11-13H2,1H3/p+1/t14-/m1/s1. The van der Waals surface area contributed by atoms with E-state index in [0.29, 0.717) is 40.8 Å². The summed E-state index contributed by atoms with van der Waals surface area (Å²) in [7, 11) is 0. The van der Waals surface area contributed by atoms with Crippen LogP contribution in [0.15, 0.2) is 36.1 Å². The monoisotopic (exact) mass is 394 g/mol. The van der Waals surface area contributed by atoms with Gasteiger partial charge in [-0.2, -0.15) is 0 Å². The molecule has 2 aromatic carbocycles. The summed E-state index contributed by atoms with van der Waals surface area (Å²) in [6.07, 6.45) is 4.14. The molecule has 6 nitrogen and oxygen atoms in total. The molecule has 2 N–H and O–H groups in total. The minimum atomic E-state index is -0.166. The number of ketones is 1. The second-order valence-electron chi connectivity index (χ2n) is 8.12. The molecular weight excluding hydrogens is 370 g/mol. The minimum absolute atomic E-state index is 0.166. The van der Waals surface area contributed by atoms with E-state index >= 15 is 0 Å². The molecule has 5 rings (SSSR count). The lowest BCUT2D eigenvalue weighted by molar-refractivity contribution is -0.922. The molecule has 0 spiro atoms. The summed E-state index contributed by atoms with van der Waals surface area (Å²) in [5, 5.41) is 10.5. The number of aromatic hydroxyl groups is 1. The molecule has 3 heterocycles. The Hall–Kier alpha value is -2.99. The average molecular weight is 394 g/mol. The molecular formula is C23H24NO5+. The molecule has 3 aliphatic rings. The normalized spacial score (nSPS) is 23.9. The van der Waals surface area contributed by atoms with Crippen LogP contribution in [0.5, 0.6) is 23.0 Å². The average Bonchev–Trinajstić information content (AvgIpc) is 3.29. The van der Waals surface area contributed by atoms with Gasteiger partial charge in [-0.1, -0.05) is 13.0 Å². The number of hydrogen-bond donors (Lipinski definition) is 2. The first kappa shape index (κ1) is 18.1. The summed E-state index contributed by atoms with van der Waals surface area (Å²) in [5.41, 5.74) is 2.02. The number of allylic oxidation sites excluding steroid dienone is 1. The number of Topliss-reactive ketones (excluding diaryl/α,β-unsaturated/α-hetero) is 1. The topological polar surface area (TPSA) is 69.4 Å². The van der Waals surface area contributed by atoms with Crippen molar-refractivity contribution in [2.45, 2.75) is 26.3 Å². The maximum absolute atomic E-state index is 12.9. The van der Waals surface area contributed by atoms with Crippen molar-refractivity contribution in [3.63, 3.8) is 0 Å². The number of nitrogens with one attached hydrogen (secondary N) is 1. The van der Waals surface area contributed by atoms with Gasteiger partial charge in [-0.05, 0) is 48.7 Å². The lowest BCUT2D eigenvalue weighted by Gasteiger charge is -2.28. The Balaban J connectivity index is 1.44. The number of piperidine rings is 1. The van der Waals surface area contributed by atoms with Crippen LogP contribution in [0, 0.1) is 5.92 Å². The van der Waals surface area contributed by atoms with Crippen LogP contribution in [0.1, 0.15) is 41.3 Å². The molecule has 6 heteroatoms. The summed E-state index contributed by atoms with van der Waals surface area (Å²) >= 11 is 0. The van der Waals surface area contributed by atoms with Gasteiger partial charge in [0.1, 0.15) is 12.3 Å². The fourth-order valence-electron chi connectivity index (χ4n) is 4.43. The molecule has 0 amide bonds. The summed E-state index contributed by atoms with van der Waals surface area (Å²) in [6, 6.07) is 8.75. The van der Waals surface area contributed by atoms with Crippen LogP contribution in [0.2, 0.25) is 0 Å². The van der Waals surface area contributed by atoms with Crippen molar-refractivity contribution >= 4 is 11.9 Å². The van der Waals surface area contributed by atoms with Crippen molar-refractivity contribution in [2.75, 3.05) is 19.9 Å². The first-order valence-corrected chi connectivity index (χ1v) is 10.1. The Bertz CT molecular complexity index is 1010. The van der Waals surface area contributed by atoms with Gasteiger partial charge in [0.05, 0.1) is 24.2 Å². The van der Waals surface area contributed by atoms with Crippen molar-refractivity contribution in [1.82, 2.24) is 0 Å². The highest BCUT2D eigenvalue weighted by Gasteiger charge is 2.33. The van der Waals surface area contributed by atoms with Crippen LogP contribution in [-0.4, -0.2) is 30.8 Å². The maximum atomic E-state index is 12.9. The Kier molecular flexibility index (Phi) is 4.43. The van der Waals surface area contributed by atoms with Crippen LogP contribution < -0.4 is 19.1 Å². The van der Waals surface area contributed by atoms with Crippen molar-refractivity contribution in [1.29, 1.82) is 0 Å². The van der Waals surface area contributed by atoms with E-state index in [-0.39, 0.29) is 24.1 Å². The molecule has 0 aliphatic carbocycles. The lowest BCUT2D eigenvalue weighted by atomic mass is 9.99. The minimum Gasteiger partial charge on any atom is -0.507 e. The third kappa shape index (κ3) is 3.34. The van der Waals surface area contributed by atoms with Crippen molar-refractivity contribution in [3.8, 4) is 23.0 Å². The second kappa shape index (κ2) is 7.12. The summed E-state index contributed by atoms with van der Waals surface area (Å²) in [4.78, 5) is 14.3. The highest BCUT2D eigenvalue weighted by atomic mass is 16.7.